The zero-order chi connectivity index (χ0) is 19.2. The Morgan fingerprint density at radius 2 is 2.00 bits per heavy atom. The zero-order valence-electron chi connectivity index (χ0n) is 14.3. The Kier molecular flexibility index (Phi) is 4.22. The first kappa shape index (κ1) is 17.7. The monoisotopic (exact) mass is 390 g/mol. The largest absolute Gasteiger partial charge is 0.350 e. The summed E-state index contributed by atoms with van der Waals surface area (Å²) in [5.74, 6) is -1.65. The van der Waals surface area contributed by atoms with Crippen molar-refractivity contribution in [2.24, 2.45) is 0 Å². The summed E-state index contributed by atoms with van der Waals surface area (Å²) in [5.41, 5.74) is 1.24. The van der Waals surface area contributed by atoms with E-state index in [0.29, 0.717) is 17.6 Å². The van der Waals surface area contributed by atoms with Crippen molar-refractivity contribution >= 4 is 38.5 Å². The Morgan fingerprint density at radius 3 is 2.70 bits per heavy atom. The minimum absolute atomic E-state index is 0.0415. The van der Waals surface area contributed by atoms with Gasteiger partial charge < -0.3 is 5.32 Å². The summed E-state index contributed by atoms with van der Waals surface area (Å²) in [4.78, 5) is 35.9. The Bertz CT molecular complexity index is 1050. The van der Waals surface area contributed by atoms with Crippen molar-refractivity contribution in [2.75, 3.05) is 11.5 Å². The summed E-state index contributed by atoms with van der Waals surface area (Å²) in [5, 5.41) is 10.2. The summed E-state index contributed by atoms with van der Waals surface area (Å²) in [6, 6.07) is 6.90. The van der Waals surface area contributed by atoms with E-state index >= 15 is 0 Å². The molecule has 0 aliphatic carbocycles. The smallest absolute Gasteiger partial charge is 0.242 e. The van der Waals surface area contributed by atoms with E-state index in [9.17, 15) is 22.8 Å². The highest BCUT2D eigenvalue weighted by Gasteiger charge is 2.35. The SMILES string of the molecule is O=C1CCC(c2nn(CC(=O)NC3CS(=O)(=O)C3)c3ccccc23)C(=O)N1. The molecule has 2 saturated heterocycles. The number of aromatic nitrogens is 2. The maximum atomic E-state index is 12.3. The van der Waals surface area contributed by atoms with Gasteiger partial charge in [-0.25, -0.2) is 8.42 Å². The maximum Gasteiger partial charge on any atom is 0.242 e. The Morgan fingerprint density at radius 1 is 1.26 bits per heavy atom. The summed E-state index contributed by atoms with van der Waals surface area (Å²) < 4.78 is 23.9. The molecule has 2 aliphatic rings. The van der Waals surface area contributed by atoms with Crippen LogP contribution in [0.25, 0.3) is 10.9 Å². The molecule has 1 unspecified atom stereocenters. The molecule has 0 bridgehead atoms. The average Bonchev–Trinajstić information content (AvgIpc) is 2.92. The highest BCUT2D eigenvalue weighted by molar-refractivity contribution is 7.92. The zero-order valence-corrected chi connectivity index (χ0v) is 15.2. The molecule has 142 valence electrons. The molecule has 10 heteroatoms. The molecule has 0 saturated carbocycles. The second-order valence-corrected chi connectivity index (χ2v) is 9.06. The third kappa shape index (κ3) is 3.44. The second kappa shape index (κ2) is 6.45. The Hall–Kier alpha value is -2.75. The fourth-order valence-electron chi connectivity index (χ4n) is 3.54. The van der Waals surface area contributed by atoms with Crippen LogP contribution in [0.2, 0.25) is 0 Å². The average molecular weight is 390 g/mol. The van der Waals surface area contributed by atoms with Crippen LogP contribution in [0.4, 0.5) is 0 Å². The molecule has 3 heterocycles. The highest BCUT2D eigenvalue weighted by Crippen LogP contribution is 2.30. The van der Waals surface area contributed by atoms with Crippen LogP contribution in [0.15, 0.2) is 24.3 Å². The number of carbonyl (C=O) groups is 3. The van der Waals surface area contributed by atoms with Crippen LogP contribution in [0.1, 0.15) is 24.5 Å². The van der Waals surface area contributed by atoms with Crippen molar-refractivity contribution in [1.29, 1.82) is 0 Å². The molecule has 1 aromatic carbocycles. The maximum absolute atomic E-state index is 12.3. The number of benzene rings is 1. The lowest BCUT2D eigenvalue weighted by atomic mass is 9.93. The molecule has 27 heavy (non-hydrogen) atoms. The van der Waals surface area contributed by atoms with E-state index in [4.69, 9.17) is 0 Å². The van der Waals surface area contributed by atoms with Crippen molar-refractivity contribution in [3.8, 4) is 0 Å². The highest BCUT2D eigenvalue weighted by atomic mass is 32.2. The lowest BCUT2D eigenvalue weighted by Crippen LogP contribution is -2.53. The van der Waals surface area contributed by atoms with E-state index in [1.54, 1.807) is 6.07 Å². The summed E-state index contributed by atoms with van der Waals surface area (Å²) >= 11 is 0. The predicted molar refractivity (Wildman–Crippen MR) is 95.4 cm³/mol. The summed E-state index contributed by atoms with van der Waals surface area (Å²) in [6.45, 7) is -0.0790. The number of para-hydroxylation sites is 1. The number of amides is 3. The van der Waals surface area contributed by atoms with Gasteiger partial charge in [-0.15, -0.1) is 0 Å². The third-order valence-corrected chi connectivity index (χ3v) is 6.64. The number of rotatable bonds is 4. The first-order chi connectivity index (χ1) is 12.8. The van der Waals surface area contributed by atoms with Crippen LogP contribution in [0.5, 0.6) is 0 Å². The number of fused-ring (bicyclic) bond motifs is 1. The van der Waals surface area contributed by atoms with Crippen LogP contribution < -0.4 is 10.6 Å². The van der Waals surface area contributed by atoms with Crippen LogP contribution in [-0.2, 0) is 30.8 Å². The van der Waals surface area contributed by atoms with Gasteiger partial charge in [0.25, 0.3) is 0 Å². The lowest BCUT2D eigenvalue weighted by Gasteiger charge is -2.26. The van der Waals surface area contributed by atoms with Gasteiger partial charge in [0.15, 0.2) is 9.84 Å². The first-order valence-corrected chi connectivity index (χ1v) is 10.4. The van der Waals surface area contributed by atoms with Crippen molar-refractivity contribution < 1.29 is 22.8 Å². The van der Waals surface area contributed by atoms with Gasteiger partial charge in [0, 0.05) is 11.8 Å². The summed E-state index contributed by atoms with van der Waals surface area (Å²) in [6.07, 6.45) is 0.617. The number of hydrogen-bond acceptors (Lipinski definition) is 6. The van der Waals surface area contributed by atoms with Gasteiger partial charge in [0.05, 0.1) is 34.7 Å². The normalized spacial score (nSPS) is 22.3. The molecule has 0 radical (unpaired) electrons. The number of carbonyl (C=O) groups excluding carboxylic acids is 3. The van der Waals surface area contributed by atoms with Gasteiger partial charge >= 0.3 is 0 Å². The Balaban J connectivity index is 1.57. The molecule has 9 nitrogen and oxygen atoms in total. The van der Waals surface area contributed by atoms with Crippen LogP contribution in [-0.4, -0.2) is 53.5 Å². The van der Waals surface area contributed by atoms with E-state index in [1.165, 1.54) is 4.68 Å². The molecule has 4 rings (SSSR count). The molecule has 2 aromatic rings. The number of nitrogens with one attached hydrogen (secondary N) is 2. The van der Waals surface area contributed by atoms with Crippen molar-refractivity contribution in [3.05, 3.63) is 30.0 Å². The second-order valence-electron chi connectivity index (χ2n) is 6.91. The van der Waals surface area contributed by atoms with E-state index in [0.717, 1.165) is 5.39 Å². The van der Waals surface area contributed by atoms with E-state index in [1.807, 2.05) is 18.2 Å². The summed E-state index contributed by atoms with van der Waals surface area (Å²) in [7, 11) is -3.01. The van der Waals surface area contributed by atoms with Gasteiger partial charge in [0.1, 0.15) is 6.54 Å². The van der Waals surface area contributed by atoms with Crippen molar-refractivity contribution in [1.82, 2.24) is 20.4 Å². The van der Waals surface area contributed by atoms with Crippen LogP contribution in [0, 0.1) is 0 Å². The minimum Gasteiger partial charge on any atom is -0.350 e. The minimum atomic E-state index is -3.01. The molecule has 0 spiro atoms. The molecule has 2 N–H and O–H groups in total. The molecule has 1 aromatic heterocycles. The first-order valence-electron chi connectivity index (χ1n) is 8.61. The standard InChI is InChI=1S/C17H18N4O5S/c22-14-6-5-12(17(24)19-14)16-11-3-1-2-4-13(11)21(20-16)7-15(23)18-10-8-27(25,26)9-10/h1-4,10,12H,5-9H2,(H,18,23)(H,19,22,24). The number of hydrogen-bond donors (Lipinski definition) is 2. The quantitative estimate of drug-likeness (QED) is 0.676. The fourth-order valence-corrected chi connectivity index (χ4v) is 4.84. The van der Waals surface area contributed by atoms with Gasteiger partial charge in [0.2, 0.25) is 17.7 Å². The van der Waals surface area contributed by atoms with Crippen molar-refractivity contribution in [3.63, 3.8) is 0 Å². The topological polar surface area (TPSA) is 127 Å². The number of imide groups is 1. The molecule has 3 amide bonds. The van der Waals surface area contributed by atoms with Gasteiger partial charge in [-0.2, -0.15) is 5.10 Å². The van der Waals surface area contributed by atoms with Gasteiger partial charge in [-0.05, 0) is 12.5 Å². The fraction of sp³-hybridized carbons (Fsp3) is 0.412. The molecular formula is C17H18N4O5S. The van der Waals surface area contributed by atoms with E-state index in [2.05, 4.69) is 15.7 Å². The van der Waals surface area contributed by atoms with Crippen LogP contribution in [0.3, 0.4) is 0 Å². The van der Waals surface area contributed by atoms with E-state index < -0.39 is 15.8 Å². The van der Waals surface area contributed by atoms with Crippen LogP contribution >= 0.6 is 0 Å². The number of sulfone groups is 1. The predicted octanol–water partition coefficient (Wildman–Crippen LogP) is -0.530. The van der Waals surface area contributed by atoms with E-state index in [-0.39, 0.29) is 48.2 Å². The van der Waals surface area contributed by atoms with Crippen molar-refractivity contribution in [2.45, 2.75) is 31.3 Å². The number of nitrogens with zero attached hydrogens (tertiary/aromatic N) is 2. The lowest BCUT2D eigenvalue weighted by molar-refractivity contribution is -0.134. The molecular weight excluding hydrogens is 372 g/mol. The number of piperidine rings is 1. The molecule has 2 fully saturated rings. The van der Waals surface area contributed by atoms with Gasteiger partial charge in [-0.1, -0.05) is 18.2 Å². The third-order valence-electron chi connectivity index (χ3n) is 4.82. The Labute approximate surface area is 155 Å². The molecule has 2 aliphatic heterocycles. The van der Waals surface area contributed by atoms with Gasteiger partial charge in [-0.3, -0.25) is 24.4 Å². The molecule has 1 atom stereocenters.